The predicted molar refractivity (Wildman–Crippen MR) is 164 cm³/mol. The Bertz CT molecular complexity index is 1540. The van der Waals surface area contributed by atoms with Crippen LogP contribution in [0, 0.1) is 5.41 Å². The first-order valence-corrected chi connectivity index (χ1v) is 14.7. The summed E-state index contributed by atoms with van der Waals surface area (Å²) in [5, 5.41) is 10.6. The Morgan fingerprint density at radius 2 is 1.77 bits per heavy atom. The van der Waals surface area contributed by atoms with E-state index in [4.69, 9.17) is 20.7 Å². The molecule has 2 aromatic rings. The molecule has 5 N–H and O–H groups in total. The number of anilines is 1. The number of carbonyl (C=O) groups excluding carboxylic acids is 2. The highest BCUT2D eigenvalue weighted by molar-refractivity contribution is 6.02. The molecule has 0 radical (unpaired) electrons. The highest BCUT2D eigenvalue weighted by Gasteiger charge is 2.43. The third kappa shape index (κ3) is 5.53. The normalized spacial score (nSPS) is 18.6. The number of carbonyl (C=O) groups is 2. The molecular formula is C33H36N6O4. The zero-order valence-corrected chi connectivity index (χ0v) is 24.0. The highest BCUT2D eigenvalue weighted by Crippen LogP contribution is 2.48. The summed E-state index contributed by atoms with van der Waals surface area (Å²) in [7, 11) is 0. The smallest absolute Gasteiger partial charge is 0.407 e. The largest absolute Gasteiger partial charge is 0.475 e. The van der Waals surface area contributed by atoms with Gasteiger partial charge in [0.2, 0.25) is 0 Å². The lowest BCUT2D eigenvalue weighted by Crippen LogP contribution is -2.54. The van der Waals surface area contributed by atoms with Gasteiger partial charge in [-0.15, -0.1) is 0 Å². The van der Waals surface area contributed by atoms with Crippen LogP contribution in [0.4, 0.5) is 10.5 Å². The van der Waals surface area contributed by atoms with E-state index in [2.05, 4.69) is 38.8 Å². The number of nitrogens with zero attached hydrogens (tertiary/aromatic N) is 2. The molecule has 10 heteroatoms. The van der Waals surface area contributed by atoms with E-state index in [1.165, 1.54) is 0 Å². The van der Waals surface area contributed by atoms with Crippen LogP contribution in [0.5, 0.6) is 0 Å². The zero-order valence-electron chi connectivity index (χ0n) is 24.0. The first kappa shape index (κ1) is 28.3. The number of para-hydroxylation sites is 1. The first-order chi connectivity index (χ1) is 21.0. The molecule has 0 atom stereocenters. The number of hydrogen-bond acceptors (Lipinski definition) is 8. The fourth-order valence-corrected chi connectivity index (χ4v) is 6.51. The van der Waals surface area contributed by atoms with E-state index < -0.39 is 11.7 Å². The third-order valence-corrected chi connectivity index (χ3v) is 8.61. The van der Waals surface area contributed by atoms with Crippen LogP contribution in [0.25, 0.3) is 6.08 Å². The molecule has 0 unspecified atom stereocenters. The van der Waals surface area contributed by atoms with Gasteiger partial charge in [-0.25, -0.2) is 10.6 Å². The van der Waals surface area contributed by atoms with E-state index in [9.17, 15) is 9.59 Å². The van der Waals surface area contributed by atoms with Crippen molar-refractivity contribution >= 4 is 30.2 Å². The Morgan fingerprint density at radius 1 is 1.02 bits per heavy atom. The Labute approximate surface area is 251 Å². The number of hydrogen-bond donors (Lipinski definition) is 4. The molecule has 10 nitrogen and oxygen atoms in total. The van der Waals surface area contributed by atoms with Gasteiger partial charge < -0.3 is 19.7 Å². The van der Waals surface area contributed by atoms with Crippen LogP contribution in [-0.4, -0.2) is 48.5 Å². The molecule has 1 saturated carbocycles. The second-order valence-corrected chi connectivity index (χ2v) is 11.1. The van der Waals surface area contributed by atoms with Crippen LogP contribution in [0.3, 0.4) is 0 Å². The summed E-state index contributed by atoms with van der Waals surface area (Å²) in [5.41, 5.74) is 8.23. The SMILES string of the molecule is N=COC1(CNC(=O)OCc2ccccc2)CCN(C2=C3CCCC3=C(C(=O)NN)C3=CC=Cc4ccccc4N32)CC1. The molecule has 2 amide bonds. The quantitative estimate of drug-likeness (QED) is 0.119. The minimum absolute atomic E-state index is 0.178. The summed E-state index contributed by atoms with van der Waals surface area (Å²) >= 11 is 0. The van der Waals surface area contributed by atoms with E-state index in [1.807, 2.05) is 54.6 Å². The Balaban J connectivity index is 1.26. The van der Waals surface area contributed by atoms with Gasteiger partial charge in [0.15, 0.2) is 6.40 Å². The maximum Gasteiger partial charge on any atom is 0.407 e. The zero-order chi connectivity index (χ0) is 29.8. The maximum atomic E-state index is 13.2. The summed E-state index contributed by atoms with van der Waals surface area (Å²) in [6.07, 6.45) is 10.3. The Morgan fingerprint density at radius 3 is 2.53 bits per heavy atom. The van der Waals surface area contributed by atoms with E-state index in [0.29, 0.717) is 31.5 Å². The summed E-state index contributed by atoms with van der Waals surface area (Å²) in [5.74, 6) is 6.46. The van der Waals surface area contributed by atoms with Crippen LogP contribution in [-0.2, 0) is 20.9 Å². The van der Waals surface area contributed by atoms with Crippen LogP contribution in [0.2, 0.25) is 0 Å². The van der Waals surface area contributed by atoms with Crippen molar-refractivity contribution in [2.75, 3.05) is 24.5 Å². The molecule has 1 aliphatic carbocycles. The fourth-order valence-electron chi connectivity index (χ4n) is 6.51. The van der Waals surface area contributed by atoms with Crippen molar-refractivity contribution in [2.45, 2.75) is 44.3 Å². The number of nitrogens with two attached hydrogens (primary N) is 1. The second kappa shape index (κ2) is 12.2. The first-order valence-electron chi connectivity index (χ1n) is 14.7. The number of allylic oxidation sites excluding steroid dienone is 4. The average Bonchev–Trinajstić information content (AvgIpc) is 3.44. The lowest BCUT2D eigenvalue weighted by atomic mass is 9.89. The van der Waals surface area contributed by atoms with Crippen molar-refractivity contribution in [3.8, 4) is 0 Å². The number of ether oxygens (including phenoxy) is 2. The standard InChI is InChI=1S/C33H36N6O4/c34-22-43-33(21-36-32(41)42-20-23-8-2-1-3-9-23)16-18-38(19-17-33)31-26-13-7-12-25(26)29(30(40)37-35)28-15-6-11-24-10-4-5-14-27(24)39(28)31/h1-6,8-11,14-15,22,34H,7,12-13,16-21,35H2,(H,36,41)(H,37,40). The summed E-state index contributed by atoms with van der Waals surface area (Å²) in [6.45, 7) is 1.68. The molecule has 0 aromatic heterocycles. The Hall–Kier alpha value is -4.83. The maximum absolute atomic E-state index is 13.2. The van der Waals surface area contributed by atoms with E-state index in [1.54, 1.807) is 0 Å². The number of amides is 2. The fraction of sp³-hybridized carbons (Fsp3) is 0.303. The van der Waals surface area contributed by atoms with E-state index in [-0.39, 0.29) is 19.1 Å². The van der Waals surface area contributed by atoms with Crippen molar-refractivity contribution < 1.29 is 19.1 Å². The van der Waals surface area contributed by atoms with Crippen LogP contribution < -0.4 is 21.5 Å². The molecule has 43 heavy (non-hydrogen) atoms. The van der Waals surface area contributed by atoms with Gasteiger partial charge in [-0.3, -0.25) is 20.5 Å². The van der Waals surface area contributed by atoms with Crippen molar-refractivity contribution in [1.29, 1.82) is 5.41 Å². The monoisotopic (exact) mass is 580 g/mol. The minimum atomic E-state index is -0.736. The third-order valence-electron chi connectivity index (χ3n) is 8.61. The van der Waals surface area contributed by atoms with Crippen molar-refractivity contribution in [3.63, 3.8) is 0 Å². The molecule has 2 aromatic carbocycles. The molecule has 0 bridgehead atoms. The molecule has 222 valence electrons. The number of hydrazine groups is 1. The molecule has 6 rings (SSSR count). The molecule has 0 spiro atoms. The van der Waals surface area contributed by atoms with Gasteiger partial charge in [-0.2, -0.15) is 0 Å². The number of nitrogens with one attached hydrogen (secondary N) is 3. The molecule has 4 aliphatic rings. The summed E-state index contributed by atoms with van der Waals surface area (Å²) in [4.78, 5) is 30.3. The van der Waals surface area contributed by atoms with Crippen LogP contribution in [0.1, 0.15) is 43.2 Å². The van der Waals surface area contributed by atoms with Crippen molar-refractivity contribution in [3.05, 3.63) is 106 Å². The number of fused-ring (bicyclic) bond motifs is 4. The minimum Gasteiger partial charge on any atom is -0.475 e. The molecule has 1 saturated heterocycles. The Kier molecular flexibility index (Phi) is 8.02. The average molecular weight is 581 g/mol. The number of piperidine rings is 1. The van der Waals surface area contributed by atoms with Gasteiger partial charge in [-0.05, 0) is 53.7 Å². The number of benzene rings is 2. The van der Waals surface area contributed by atoms with Gasteiger partial charge in [-0.1, -0.05) is 60.7 Å². The number of rotatable bonds is 8. The lowest BCUT2D eigenvalue weighted by Gasteiger charge is -2.47. The topological polar surface area (TPSA) is 133 Å². The van der Waals surface area contributed by atoms with E-state index >= 15 is 0 Å². The number of alkyl carbamates (subject to hydrolysis) is 1. The van der Waals surface area contributed by atoms with E-state index in [0.717, 1.165) is 65.1 Å². The highest BCUT2D eigenvalue weighted by atomic mass is 16.5. The summed E-state index contributed by atoms with van der Waals surface area (Å²) in [6, 6.07) is 17.7. The van der Waals surface area contributed by atoms with Crippen molar-refractivity contribution in [2.24, 2.45) is 5.84 Å². The van der Waals surface area contributed by atoms with Gasteiger partial charge in [0.25, 0.3) is 5.91 Å². The van der Waals surface area contributed by atoms with Crippen LogP contribution in [0.15, 0.2) is 95.0 Å². The van der Waals surface area contributed by atoms with Crippen molar-refractivity contribution in [1.82, 2.24) is 15.6 Å². The van der Waals surface area contributed by atoms with Gasteiger partial charge in [0, 0.05) is 25.9 Å². The molecule has 3 heterocycles. The molecular weight excluding hydrogens is 544 g/mol. The number of likely N-dealkylation sites (tertiary alicyclic amines) is 1. The summed E-state index contributed by atoms with van der Waals surface area (Å²) < 4.78 is 11.3. The van der Waals surface area contributed by atoms with Gasteiger partial charge in [0.05, 0.1) is 23.5 Å². The lowest BCUT2D eigenvalue weighted by molar-refractivity contribution is -0.117. The molecule has 2 fully saturated rings. The second-order valence-electron chi connectivity index (χ2n) is 11.1. The van der Waals surface area contributed by atoms with Crippen LogP contribution >= 0.6 is 0 Å². The molecule has 3 aliphatic heterocycles. The van der Waals surface area contributed by atoms with Gasteiger partial charge >= 0.3 is 6.09 Å². The van der Waals surface area contributed by atoms with Gasteiger partial charge in [0.1, 0.15) is 18.0 Å². The predicted octanol–water partition coefficient (Wildman–Crippen LogP) is 4.48.